The highest BCUT2D eigenvalue weighted by Crippen LogP contribution is 2.37. The fourth-order valence-electron chi connectivity index (χ4n) is 1.90. The molecule has 0 fully saturated rings. The molecule has 1 aromatic heterocycles. The monoisotopic (exact) mass is 379 g/mol. The van der Waals surface area contributed by atoms with E-state index in [0.29, 0.717) is 33.3 Å². The Labute approximate surface area is 140 Å². The van der Waals surface area contributed by atoms with E-state index in [1.807, 2.05) is 30.3 Å². The number of halogens is 2. The fraction of sp³-hybridized carbons (Fsp3) is 0.0667. The summed E-state index contributed by atoms with van der Waals surface area (Å²) in [5, 5.41) is 7.89. The number of aromatic nitrogens is 2. The van der Waals surface area contributed by atoms with Gasteiger partial charge in [0.25, 0.3) is 0 Å². The van der Waals surface area contributed by atoms with Gasteiger partial charge < -0.3 is 14.9 Å². The van der Waals surface area contributed by atoms with Crippen LogP contribution >= 0.6 is 27.5 Å². The average Bonchev–Trinajstić information content (AvgIpc) is 2.94. The minimum absolute atomic E-state index is 0.00616. The molecule has 0 saturated heterocycles. The smallest absolute Gasteiger partial charge is 0.313 e. The van der Waals surface area contributed by atoms with Crippen LogP contribution in [0.15, 0.2) is 51.4 Å². The van der Waals surface area contributed by atoms with E-state index in [-0.39, 0.29) is 6.01 Å². The summed E-state index contributed by atoms with van der Waals surface area (Å²) in [6.45, 7) is 0.423. The number of nitrogen functional groups attached to an aromatic ring is 1. The first-order valence-corrected chi connectivity index (χ1v) is 7.55. The first kappa shape index (κ1) is 14.9. The molecular weight excluding hydrogens is 370 g/mol. The van der Waals surface area contributed by atoms with Gasteiger partial charge in [-0.1, -0.05) is 47.0 Å². The molecule has 0 radical (unpaired) electrons. The van der Waals surface area contributed by atoms with Crippen LogP contribution in [0.4, 0.5) is 6.01 Å². The van der Waals surface area contributed by atoms with Crippen molar-refractivity contribution in [3.05, 3.63) is 57.5 Å². The van der Waals surface area contributed by atoms with Gasteiger partial charge >= 0.3 is 6.01 Å². The van der Waals surface area contributed by atoms with Crippen LogP contribution in [0.1, 0.15) is 5.56 Å². The number of nitrogens with zero attached hydrogens (tertiary/aromatic N) is 2. The summed E-state index contributed by atoms with van der Waals surface area (Å²) >= 11 is 9.73. The third kappa shape index (κ3) is 3.23. The third-order valence-electron chi connectivity index (χ3n) is 2.91. The van der Waals surface area contributed by atoms with Gasteiger partial charge in [0.2, 0.25) is 5.89 Å². The zero-order chi connectivity index (χ0) is 15.5. The van der Waals surface area contributed by atoms with Crippen LogP contribution in [0, 0.1) is 0 Å². The van der Waals surface area contributed by atoms with E-state index in [1.54, 1.807) is 12.1 Å². The van der Waals surface area contributed by atoms with Crippen molar-refractivity contribution in [3.63, 3.8) is 0 Å². The van der Waals surface area contributed by atoms with Gasteiger partial charge in [0.05, 0.1) is 9.50 Å². The van der Waals surface area contributed by atoms with Gasteiger partial charge in [0.15, 0.2) is 5.75 Å². The van der Waals surface area contributed by atoms with Gasteiger partial charge in [0, 0.05) is 5.56 Å². The van der Waals surface area contributed by atoms with Gasteiger partial charge in [-0.25, -0.2) is 0 Å². The second-order valence-electron chi connectivity index (χ2n) is 4.49. The van der Waals surface area contributed by atoms with E-state index in [0.717, 1.165) is 5.56 Å². The molecule has 0 aliphatic rings. The molecule has 3 rings (SSSR count). The van der Waals surface area contributed by atoms with E-state index >= 15 is 0 Å². The van der Waals surface area contributed by atoms with Crippen molar-refractivity contribution >= 4 is 33.5 Å². The summed E-state index contributed by atoms with van der Waals surface area (Å²) < 4.78 is 11.7. The minimum atomic E-state index is 0.00616. The first-order valence-electron chi connectivity index (χ1n) is 6.38. The molecule has 2 aromatic carbocycles. The maximum absolute atomic E-state index is 6.28. The highest BCUT2D eigenvalue weighted by molar-refractivity contribution is 9.10. The Morgan fingerprint density at radius 2 is 1.95 bits per heavy atom. The number of hydrogen-bond acceptors (Lipinski definition) is 5. The number of rotatable bonds is 4. The molecule has 3 aromatic rings. The largest absolute Gasteiger partial charge is 0.486 e. The van der Waals surface area contributed by atoms with Gasteiger partial charge in [-0.2, -0.15) is 0 Å². The van der Waals surface area contributed by atoms with E-state index in [9.17, 15) is 0 Å². The van der Waals surface area contributed by atoms with Crippen LogP contribution in [0.25, 0.3) is 11.5 Å². The molecule has 0 unspecified atom stereocenters. The second kappa shape index (κ2) is 6.37. The zero-order valence-electron chi connectivity index (χ0n) is 11.3. The minimum Gasteiger partial charge on any atom is -0.486 e. The quantitative estimate of drug-likeness (QED) is 0.730. The lowest BCUT2D eigenvalue weighted by Crippen LogP contribution is -1.97. The van der Waals surface area contributed by atoms with Crippen molar-refractivity contribution < 1.29 is 9.15 Å². The summed E-state index contributed by atoms with van der Waals surface area (Å²) in [5.41, 5.74) is 7.14. The summed E-state index contributed by atoms with van der Waals surface area (Å²) in [6, 6.07) is 13.3. The van der Waals surface area contributed by atoms with Crippen molar-refractivity contribution in [2.45, 2.75) is 6.61 Å². The zero-order valence-corrected chi connectivity index (χ0v) is 13.6. The summed E-state index contributed by atoms with van der Waals surface area (Å²) in [5.74, 6) is 0.858. The van der Waals surface area contributed by atoms with Crippen molar-refractivity contribution in [1.29, 1.82) is 0 Å². The Morgan fingerprint density at radius 1 is 1.18 bits per heavy atom. The van der Waals surface area contributed by atoms with Gasteiger partial charge in [0.1, 0.15) is 6.61 Å². The van der Waals surface area contributed by atoms with Crippen LogP contribution in [-0.2, 0) is 6.61 Å². The highest BCUT2D eigenvalue weighted by Gasteiger charge is 2.14. The van der Waals surface area contributed by atoms with Crippen LogP contribution in [0.3, 0.4) is 0 Å². The molecule has 0 aliphatic carbocycles. The maximum Gasteiger partial charge on any atom is 0.313 e. The van der Waals surface area contributed by atoms with Gasteiger partial charge in [-0.3, -0.25) is 0 Å². The molecule has 2 N–H and O–H groups in total. The lowest BCUT2D eigenvalue weighted by Gasteiger charge is -2.11. The maximum atomic E-state index is 6.28. The Balaban J connectivity index is 1.84. The van der Waals surface area contributed by atoms with Crippen LogP contribution in [0.2, 0.25) is 5.02 Å². The van der Waals surface area contributed by atoms with Crippen molar-refractivity contribution in [2.24, 2.45) is 0 Å². The third-order valence-corrected chi connectivity index (χ3v) is 3.78. The molecule has 0 bridgehead atoms. The molecule has 112 valence electrons. The number of benzene rings is 2. The number of anilines is 1. The van der Waals surface area contributed by atoms with Crippen LogP contribution in [0.5, 0.6) is 5.75 Å². The molecule has 0 spiro atoms. The standard InChI is InChI=1S/C15H11BrClN3O2/c16-11-6-10(14-19-20-15(18)22-14)7-12(17)13(11)21-8-9-4-2-1-3-5-9/h1-7H,8H2,(H2,18,20). The highest BCUT2D eigenvalue weighted by atomic mass is 79.9. The van der Waals surface area contributed by atoms with Gasteiger partial charge in [-0.15, -0.1) is 5.10 Å². The Kier molecular flexibility index (Phi) is 4.31. The number of nitrogens with two attached hydrogens (primary N) is 1. The lowest BCUT2D eigenvalue weighted by molar-refractivity contribution is 0.304. The van der Waals surface area contributed by atoms with E-state index in [1.165, 1.54) is 0 Å². The van der Waals surface area contributed by atoms with Crippen molar-refractivity contribution in [1.82, 2.24) is 10.2 Å². The van der Waals surface area contributed by atoms with Gasteiger partial charge in [-0.05, 0) is 33.6 Å². The number of hydrogen-bond donors (Lipinski definition) is 1. The molecule has 0 saturated carbocycles. The molecule has 0 amide bonds. The van der Waals surface area contributed by atoms with Crippen LogP contribution < -0.4 is 10.5 Å². The molecule has 22 heavy (non-hydrogen) atoms. The molecule has 0 aliphatic heterocycles. The molecule has 0 atom stereocenters. The van der Waals surface area contributed by atoms with E-state index in [4.69, 9.17) is 26.5 Å². The Bertz CT molecular complexity index is 769. The summed E-state index contributed by atoms with van der Waals surface area (Å²) in [7, 11) is 0. The predicted molar refractivity (Wildman–Crippen MR) is 87.6 cm³/mol. The van der Waals surface area contributed by atoms with Crippen molar-refractivity contribution in [2.75, 3.05) is 5.73 Å². The SMILES string of the molecule is Nc1nnc(-c2cc(Cl)c(OCc3ccccc3)c(Br)c2)o1. The topological polar surface area (TPSA) is 74.2 Å². The normalized spacial score (nSPS) is 10.6. The molecule has 7 heteroatoms. The van der Waals surface area contributed by atoms with Crippen LogP contribution in [-0.4, -0.2) is 10.2 Å². The van der Waals surface area contributed by atoms with E-state index < -0.39 is 0 Å². The Morgan fingerprint density at radius 3 is 2.59 bits per heavy atom. The Hall–Kier alpha value is -2.05. The first-order chi connectivity index (χ1) is 10.6. The predicted octanol–water partition coefficient (Wildman–Crippen LogP) is 4.31. The second-order valence-corrected chi connectivity index (χ2v) is 5.75. The summed E-state index contributed by atoms with van der Waals surface area (Å²) in [4.78, 5) is 0. The molecule has 5 nitrogen and oxygen atoms in total. The average molecular weight is 381 g/mol. The number of ether oxygens (including phenoxy) is 1. The molecule has 1 heterocycles. The summed E-state index contributed by atoms with van der Waals surface area (Å²) in [6.07, 6.45) is 0. The van der Waals surface area contributed by atoms with Crippen molar-refractivity contribution in [3.8, 4) is 17.2 Å². The van der Waals surface area contributed by atoms with E-state index in [2.05, 4.69) is 26.1 Å². The lowest BCUT2D eigenvalue weighted by atomic mass is 10.2. The molecular formula is C15H11BrClN3O2. The fourth-order valence-corrected chi connectivity index (χ4v) is 2.86.